The SMILES string of the molecule is CCCC(CC)NCc1ccc(C)cc1Br. The molecule has 90 valence electrons. The van der Waals surface area contributed by atoms with E-state index >= 15 is 0 Å². The van der Waals surface area contributed by atoms with Gasteiger partial charge in [-0.15, -0.1) is 0 Å². The summed E-state index contributed by atoms with van der Waals surface area (Å²) in [6.45, 7) is 7.57. The maximum Gasteiger partial charge on any atom is 0.0222 e. The Labute approximate surface area is 108 Å². The zero-order valence-corrected chi connectivity index (χ0v) is 12.1. The zero-order chi connectivity index (χ0) is 12.0. The highest BCUT2D eigenvalue weighted by molar-refractivity contribution is 9.10. The molecule has 0 aliphatic carbocycles. The van der Waals surface area contributed by atoms with Crippen molar-refractivity contribution in [2.75, 3.05) is 0 Å². The predicted octanol–water partition coefficient (Wildman–Crippen LogP) is 4.43. The Hall–Kier alpha value is -0.340. The molecule has 1 aromatic carbocycles. The minimum Gasteiger partial charge on any atom is -0.310 e. The first kappa shape index (κ1) is 13.7. The first-order valence-electron chi connectivity index (χ1n) is 6.15. The van der Waals surface area contributed by atoms with Gasteiger partial charge in [-0.3, -0.25) is 0 Å². The van der Waals surface area contributed by atoms with Crippen LogP contribution in [0.3, 0.4) is 0 Å². The van der Waals surface area contributed by atoms with E-state index in [1.807, 2.05) is 0 Å². The van der Waals surface area contributed by atoms with Gasteiger partial charge in [0.1, 0.15) is 0 Å². The molecule has 1 unspecified atom stereocenters. The number of hydrogen-bond acceptors (Lipinski definition) is 1. The Morgan fingerprint density at radius 1 is 1.31 bits per heavy atom. The van der Waals surface area contributed by atoms with E-state index in [1.165, 1.54) is 34.9 Å². The van der Waals surface area contributed by atoms with E-state index in [2.05, 4.69) is 60.2 Å². The summed E-state index contributed by atoms with van der Waals surface area (Å²) in [7, 11) is 0. The molecule has 0 saturated heterocycles. The topological polar surface area (TPSA) is 12.0 Å². The molecule has 1 N–H and O–H groups in total. The molecule has 0 spiro atoms. The summed E-state index contributed by atoms with van der Waals surface area (Å²) in [5, 5.41) is 3.62. The van der Waals surface area contributed by atoms with Gasteiger partial charge in [0.25, 0.3) is 0 Å². The molecule has 0 radical (unpaired) electrons. The maximum atomic E-state index is 3.62. The molecule has 0 fully saturated rings. The number of hydrogen-bond donors (Lipinski definition) is 1. The summed E-state index contributed by atoms with van der Waals surface area (Å²) >= 11 is 3.62. The van der Waals surface area contributed by atoms with Crippen molar-refractivity contribution < 1.29 is 0 Å². The summed E-state index contributed by atoms with van der Waals surface area (Å²) in [4.78, 5) is 0. The van der Waals surface area contributed by atoms with Crippen molar-refractivity contribution >= 4 is 15.9 Å². The average molecular weight is 284 g/mol. The van der Waals surface area contributed by atoms with Gasteiger partial charge in [0.2, 0.25) is 0 Å². The van der Waals surface area contributed by atoms with Crippen molar-refractivity contribution in [2.24, 2.45) is 0 Å². The lowest BCUT2D eigenvalue weighted by Gasteiger charge is -2.16. The van der Waals surface area contributed by atoms with Gasteiger partial charge in [-0.2, -0.15) is 0 Å². The van der Waals surface area contributed by atoms with E-state index in [0.717, 1.165) is 6.54 Å². The molecule has 0 aromatic heterocycles. The van der Waals surface area contributed by atoms with Crippen LogP contribution in [-0.4, -0.2) is 6.04 Å². The van der Waals surface area contributed by atoms with Crippen molar-refractivity contribution in [3.63, 3.8) is 0 Å². The van der Waals surface area contributed by atoms with Crippen molar-refractivity contribution in [3.05, 3.63) is 33.8 Å². The molecule has 0 bridgehead atoms. The number of benzene rings is 1. The second kappa shape index (κ2) is 7.08. The lowest BCUT2D eigenvalue weighted by Crippen LogP contribution is -2.27. The summed E-state index contributed by atoms with van der Waals surface area (Å²) in [5.41, 5.74) is 2.65. The van der Waals surface area contributed by atoms with Crippen molar-refractivity contribution in [2.45, 2.75) is 52.6 Å². The summed E-state index contributed by atoms with van der Waals surface area (Å²) in [5.74, 6) is 0. The van der Waals surface area contributed by atoms with E-state index in [1.54, 1.807) is 0 Å². The standard InChI is InChI=1S/C14H22BrN/c1-4-6-13(5-2)16-10-12-8-7-11(3)9-14(12)15/h7-9,13,16H,4-6,10H2,1-3H3. The van der Waals surface area contributed by atoms with Crippen molar-refractivity contribution in [1.82, 2.24) is 5.32 Å². The fourth-order valence-electron chi connectivity index (χ4n) is 1.85. The van der Waals surface area contributed by atoms with Crippen LogP contribution in [0.2, 0.25) is 0 Å². The summed E-state index contributed by atoms with van der Waals surface area (Å²) in [6, 6.07) is 7.20. The molecule has 16 heavy (non-hydrogen) atoms. The molecule has 0 amide bonds. The lowest BCUT2D eigenvalue weighted by molar-refractivity contribution is 0.462. The summed E-state index contributed by atoms with van der Waals surface area (Å²) < 4.78 is 1.21. The van der Waals surface area contributed by atoms with Crippen LogP contribution in [0, 0.1) is 6.92 Å². The first-order valence-corrected chi connectivity index (χ1v) is 6.95. The molecule has 0 saturated carbocycles. The minimum atomic E-state index is 0.651. The molecule has 2 heteroatoms. The van der Waals surface area contributed by atoms with Crippen LogP contribution >= 0.6 is 15.9 Å². The first-order chi connectivity index (χ1) is 7.67. The third kappa shape index (κ3) is 4.26. The molecule has 1 rings (SSSR count). The molecular weight excluding hydrogens is 262 g/mol. The van der Waals surface area contributed by atoms with E-state index in [0.29, 0.717) is 6.04 Å². The number of nitrogens with one attached hydrogen (secondary N) is 1. The van der Waals surface area contributed by atoms with Crippen LogP contribution in [0.4, 0.5) is 0 Å². The highest BCUT2D eigenvalue weighted by atomic mass is 79.9. The monoisotopic (exact) mass is 283 g/mol. The fraction of sp³-hybridized carbons (Fsp3) is 0.571. The second-order valence-electron chi connectivity index (χ2n) is 4.37. The molecular formula is C14H22BrN. The van der Waals surface area contributed by atoms with Crippen LogP contribution in [0.25, 0.3) is 0 Å². The fourth-order valence-corrected chi connectivity index (χ4v) is 2.48. The number of halogens is 1. The van der Waals surface area contributed by atoms with Gasteiger partial charge in [-0.05, 0) is 37.0 Å². The van der Waals surface area contributed by atoms with E-state index < -0.39 is 0 Å². The lowest BCUT2D eigenvalue weighted by atomic mass is 10.1. The summed E-state index contributed by atoms with van der Waals surface area (Å²) in [6.07, 6.45) is 3.72. The van der Waals surface area contributed by atoms with Crippen LogP contribution in [-0.2, 0) is 6.54 Å². The number of rotatable bonds is 6. The van der Waals surface area contributed by atoms with Crippen LogP contribution in [0.5, 0.6) is 0 Å². The van der Waals surface area contributed by atoms with Gasteiger partial charge < -0.3 is 5.32 Å². The zero-order valence-electron chi connectivity index (χ0n) is 10.5. The van der Waals surface area contributed by atoms with Gasteiger partial charge >= 0.3 is 0 Å². The molecule has 1 atom stereocenters. The van der Waals surface area contributed by atoms with Crippen molar-refractivity contribution in [3.8, 4) is 0 Å². The smallest absolute Gasteiger partial charge is 0.0222 e. The molecule has 0 aliphatic rings. The van der Waals surface area contributed by atoms with Gasteiger partial charge in [-0.1, -0.05) is 48.3 Å². The van der Waals surface area contributed by atoms with Gasteiger partial charge in [-0.25, -0.2) is 0 Å². The molecule has 0 aliphatic heterocycles. The maximum absolute atomic E-state index is 3.62. The third-order valence-corrected chi connectivity index (χ3v) is 3.66. The number of aryl methyl sites for hydroxylation is 1. The normalized spacial score (nSPS) is 12.8. The second-order valence-corrected chi connectivity index (χ2v) is 5.22. The van der Waals surface area contributed by atoms with Gasteiger partial charge in [0.15, 0.2) is 0 Å². The quantitative estimate of drug-likeness (QED) is 0.815. The van der Waals surface area contributed by atoms with Crippen LogP contribution in [0.1, 0.15) is 44.2 Å². The highest BCUT2D eigenvalue weighted by Gasteiger charge is 2.05. The average Bonchev–Trinajstić information content (AvgIpc) is 2.26. The Kier molecular flexibility index (Phi) is 6.07. The van der Waals surface area contributed by atoms with Crippen LogP contribution < -0.4 is 5.32 Å². The highest BCUT2D eigenvalue weighted by Crippen LogP contribution is 2.18. The van der Waals surface area contributed by atoms with Crippen LogP contribution in [0.15, 0.2) is 22.7 Å². The Morgan fingerprint density at radius 2 is 2.06 bits per heavy atom. The van der Waals surface area contributed by atoms with Crippen molar-refractivity contribution in [1.29, 1.82) is 0 Å². The van der Waals surface area contributed by atoms with E-state index in [4.69, 9.17) is 0 Å². The Morgan fingerprint density at radius 3 is 2.62 bits per heavy atom. The van der Waals surface area contributed by atoms with E-state index in [9.17, 15) is 0 Å². The van der Waals surface area contributed by atoms with Gasteiger partial charge in [0, 0.05) is 17.1 Å². The molecule has 1 aromatic rings. The minimum absolute atomic E-state index is 0.651. The van der Waals surface area contributed by atoms with E-state index in [-0.39, 0.29) is 0 Å². The molecule has 1 nitrogen and oxygen atoms in total. The Balaban J connectivity index is 2.53. The largest absolute Gasteiger partial charge is 0.310 e. The third-order valence-electron chi connectivity index (χ3n) is 2.92. The Bertz CT molecular complexity index is 323. The predicted molar refractivity (Wildman–Crippen MR) is 74.7 cm³/mol. The van der Waals surface area contributed by atoms with Gasteiger partial charge in [0.05, 0.1) is 0 Å². The molecule has 0 heterocycles.